The molecule has 1 spiro atoms. The highest BCUT2D eigenvalue weighted by Crippen LogP contribution is 2.49. The summed E-state index contributed by atoms with van der Waals surface area (Å²) in [5.74, 6) is 2.25. The van der Waals surface area contributed by atoms with Crippen LogP contribution in [0.3, 0.4) is 0 Å². The Bertz CT molecular complexity index is 588. The van der Waals surface area contributed by atoms with Crippen molar-refractivity contribution in [3.05, 3.63) is 12.2 Å². The van der Waals surface area contributed by atoms with Gasteiger partial charge in [-0.15, -0.1) is 10.2 Å². The van der Waals surface area contributed by atoms with Crippen molar-refractivity contribution in [1.82, 2.24) is 19.7 Å². The van der Waals surface area contributed by atoms with Crippen molar-refractivity contribution in [3.63, 3.8) is 0 Å². The molecule has 6 heteroatoms. The van der Waals surface area contributed by atoms with E-state index in [0.717, 1.165) is 51.4 Å². The second-order valence-electron chi connectivity index (χ2n) is 7.96. The molecule has 1 aliphatic carbocycles. The molecule has 4 rings (SSSR count). The number of aromatic nitrogens is 3. The fraction of sp³-hybridized carbons (Fsp3) is 0.833. The summed E-state index contributed by atoms with van der Waals surface area (Å²) in [7, 11) is 2.01. The number of carbonyl (C=O) groups is 1. The molecule has 3 aliphatic rings. The molecule has 1 amide bonds. The normalized spacial score (nSPS) is 27.2. The largest absolute Gasteiger partial charge is 0.381 e. The van der Waals surface area contributed by atoms with E-state index in [1.165, 1.54) is 25.7 Å². The van der Waals surface area contributed by atoms with E-state index in [-0.39, 0.29) is 11.3 Å². The minimum Gasteiger partial charge on any atom is -0.381 e. The van der Waals surface area contributed by atoms with Gasteiger partial charge in [-0.1, -0.05) is 12.8 Å². The molecule has 3 fully saturated rings. The first-order valence-electron chi connectivity index (χ1n) is 9.37. The Hall–Kier alpha value is -1.43. The molecule has 0 N–H and O–H groups in total. The Morgan fingerprint density at radius 2 is 2.08 bits per heavy atom. The minimum atomic E-state index is 0.115. The molecule has 0 aromatic carbocycles. The van der Waals surface area contributed by atoms with Gasteiger partial charge in [0.1, 0.15) is 12.2 Å². The fourth-order valence-corrected chi connectivity index (χ4v) is 5.00. The summed E-state index contributed by atoms with van der Waals surface area (Å²) in [6.07, 6.45) is 9.57. The molecule has 0 bridgehead atoms. The second-order valence-corrected chi connectivity index (χ2v) is 7.96. The van der Waals surface area contributed by atoms with E-state index in [1.807, 2.05) is 11.6 Å². The van der Waals surface area contributed by atoms with Gasteiger partial charge in [0.15, 0.2) is 0 Å². The zero-order valence-electron chi connectivity index (χ0n) is 14.6. The summed E-state index contributed by atoms with van der Waals surface area (Å²) in [4.78, 5) is 15.0. The van der Waals surface area contributed by atoms with E-state index in [2.05, 4.69) is 15.1 Å². The van der Waals surface area contributed by atoms with Gasteiger partial charge in [0, 0.05) is 51.1 Å². The van der Waals surface area contributed by atoms with Crippen LogP contribution in [0.15, 0.2) is 6.33 Å². The Morgan fingerprint density at radius 1 is 1.33 bits per heavy atom. The number of hydrogen-bond acceptors (Lipinski definition) is 4. The second kappa shape index (κ2) is 6.47. The summed E-state index contributed by atoms with van der Waals surface area (Å²) >= 11 is 0. The molecule has 1 aromatic heterocycles. The average molecular weight is 332 g/mol. The van der Waals surface area contributed by atoms with Gasteiger partial charge in [0.2, 0.25) is 5.91 Å². The molecule has 1 aromatic rings. The van der Waals surface area contributed by atoms with Gasteiger partial charge in [-0.25, -0.2) is 0 Å². The van der Waals surface area contributed by atoms with Crippen LogP contribution in [0.4, 0.5) is 0 Å². The number of carbonyl (C=O) groups excluding carboxylic acids is 1. The third kappa shape index (κ3) is 2.85. The van der Waals surface area contributed by atoms with E-state index in [1.54, 1.807) is 6.33 Å². The van der Waals surface area contributed by atoms with E-state index in [0.29, 0.717) is 11.8 Å². The van der Waals surface area contributed by atoms with Crippen LogP contribution in [0.5, 0.6) is 0 Å². The van der Waals surface area contributed by atoms with Gasteiger partial charge in [-0.3, -0.25) is 4.79 Å². The number of amides is 1. The summed E-state index contributed by atoms with van der Waals surface area (Å²) < 4.78 is 7.63. The Kier molecular flexibility index (Phi) is 4.33. The van der Waals surface area contributed by atoms with Crippen LogP contribution in [-0.2, 0) is 16.6 Å². The Morgan fingerprint density at radius 3 is 2.75 bits per heavy atom. The van der Waals surface area contributed by atoms with Crippen LogP contribution >= 0.6 is 0 Å². The van der Waals surface area contributed by atoms with E-state index in [4.69, 9.17) is 4.74 Å². The molecule has 0 radical (unpaired) electrons. The maximum atomic E-state index is 12.9. The third-order valence-electron chi connectivity index (χ3n) is 6.49. The maximum Gasteiger partial charge on any atom is 0.222 e. The first-order chi connectivity index (χ1) is 11.7. The van der Waals surface area contributed by atoms with Gasteiger partial charge in [0.05, 0.1) is 0 Å². The summed E-state index contributed by atoms with van der Waals surface area (Å²) in [6, 6.07) is 0. The molecule has 1 atom stereocenters. The number of hydrogen-bond donors (Lipinski definition) is 0. The lowest BCUT2D eigenvalue weighted by atomic mass is 9.72. The van der Waals surface area contributed by atoms with E-state index in [9.17, 15) is 4.79 Å². The first kappa shape index (κ1) is 16.1. The molecule has 132 valence electrons. The highest BCUT2D eigenvalue weighted by molar-refractivity contribution is 5.77. The molecule has 6 nitrogen and oxygen atoms in total. The van der Waals surface area contributed by atoms with Crippen molar-refractivity contribution < 1.29 is 9.53 Å². The molecule has 2 aliphatic heterocycles. The van der Waals surface area contributed by atoms with Crippen molar-refractivity contribution in [2.45, 2.75) is 50.9 Å². The predicted molar refractivity (Wildman–Crippen MR) is 89.4 cm³/mol. The minimum absolute atomic E-state index is 0.115. The highest BCUT2D eigenvalue weighted by atomic mass is 16.5. The van der Waals surface area contributed by atoms with E-state index < -0.39 is 0 Å². The van der Waals surface area contributed by atoms with Gasteiger partial charge in [-0.2, -0.15) is 0 Å². The lowest BCUT2D eigenvalue weighted by Gasteiger charge is -2.37. The quantitative estimate of drug-likeness (QED) is 0.851. The monoisotopic (exact) mass is 332 g/mol. The fourth-order valence-electron chi connectivity index (χ4n) is 5.00. The standard InChI is InChI=1S/C18H28N4O2/c1-21-13-19-20-17(21)15-11-22(12-18(15)6-8-24-9-7-18)16(23)10-14-4-2-3-5-14/h13-15H,2-12H2,1H3. The van der Waals surface area contributed by atoms with Crippen LogP contribution in [-0.4, -0.2) is 51.9 Å². The Balaban J connectivity index is 1.53. The SMILES string of the molecule is Cn1cnnc1C1CN(C(=O)CC2CCCC2)CC12CCOCC2. The van der Waals surface area contributed by atoms with Crippen molar-refractivity contribution in [3.8, 4) is 0 Å². The van der Waals surface area contributed by atoms with Crippen molar-refractivity contribution >= 4 is 5.91 Å². The molecular formula is C18H28N4O2. The van der Waals surface area contributed by atoms with Gasteiger partial charge >= 0.3 is 0 Å². The lowest BCUT2D eigenvalue weighted by molar-refractivity contribution is -0.131. The highest BCUT2D eigenvalue weighted by Gasteiger charge is 2.50. The van der Waals surface area contributed by atoms with Crippen LogP contribution in [0, 0.1) is 11.3 Å². The molecule has 3 heterocycles. The number of nitrogens with zero attached hydrogens (tertiary/aromatic N) is 4. The number of rotatable bonds is 3. The van der Waals surface area contributed by atoms with Crippen molar-refractivity contribution in [1.29, 1.82) is 0 Å². The topological polar surface area (TPSA) is 60.2 Å². The van der Waals surface area contributed by atoms with Crippen molar-refractivity contribution in [2.75, 3.05) is 26.3 Å². The lowest BCUT2D eigenvalue weighted by Crippen LogP contribution is -2.38. The summed E-state index contributed by atoms with van der Waals surface area (Å²) in [5.41, 5.74) is 0.115. The zero-order chi connectivity index (χ0) is 16.6. The average Bonchev–Trinajstić information content (AvgIpc) is 3.30. The summed E-state index contributed by atoms with van der Waals surface area (Å²) in [5, 5.41) is 8.45. The summed E-state index contributed by atoms with van der Waals surface area (Å²) in [6.45, 7) is 3.23. The van der Waals surface area contributed by atoms with E-state index >= 15 is 0 Å². The maximum absolute atomic E-state index is 12.9. The number of ether oxygens (including phenoxy) is 1. The van der Waals surface area contributed by atoms with Crippen LogP contribution in [0.2, 0.25) is 0 Å². The smallest absolute Gasteiger partial charge is 0.222 e. The number of likely N-dealkylation sites (tertiary alicyclic amines) is 1. The third-order valence-corrected chi connectivity index (χ3v) is 6.49. The van der Waals surface area contributed by atoms with Crippen molar-refractivity contribution in [2.24, 2.45) is 18.4 Å². The molecule has 2 saturated heterocycles. The first-order valence-corrected chi connectivity index (χ1v) is 9.37. The zero-order valence-corrected chi connectivity index (χ0v) is 14.6. The molecular weight excluding hydrogens is 304 g/mol. The molecule has 1 unspecified atom stereocenters. The van der Waals surface area contributed by atoms with Gasteiger partial charge in [0.25, 0.3) is 0 Å². The van der Waals surface area contributed by atoms with Gasteiger partial charge in [-0.05, 0) is 31.6 Å². The van der Waals surface area contributed by atoms with Crippen LogP contribution in [0.25, 0.3) is 0 Å². The Labute approximate surface area is 143 Å². The number of aryl methyl sites for hydroxylation is 1. The van der Waals surface area contributed by atoms with Gasteiger partial charge < -0.3 is 14.2 Å². The van der Waals surface area contributed by atoms with Crippen LogP contribution in [0.1, 0.15) is 56.7 Å². The molecule has 24 heavy (non-hydrogen) atoms. The van der Waals surface area contributed by atoms with Crippen LogP contribution < -0.4 is 0 Å². The molecule has 1 saturated carbocycles. The predicted octanol–water partition coefficient (Wildman–Crippen LogP) is 2.12.